The summed E-state index contributed by atoms with van der Waals surface area (Å²) < 4.78 is 0. The van der Waals surface area contributed by atoms with Crippen molar-refractivity contribution in [1.29, 1.82) is 5.26 Å². The van der Waals surface area contributed by atoms with E-state index in [-0.39, 0.29) is 11.3 Å². The number of nitriles is 1. The van der Waals surface area contributed by atoms with Gasteiger partial charge in [-0.2, -0.15) is 5.26 Å². The summed E-state index contributed by atoms with van der Waals surface area (Å²) in [6.45, 7) is 3.15. The molecule has 5 nitrogen and oxygen atoms in total. The zero-order valence-electron chi connectivity index (χ0n) is 10.5. The van der Waals surface area contributed by atoms with E-state index in [9.17, 15) is 10.1 Å². The van der Waals surface area contributed by atoms with Crippen LogP contribution in [0.5, 0.6) is 0 Å². The SMILES string of the molecule is CC1CC1CN(C)c1ccc([N+](=O)[O-])c(C#N)c1. The summed E-state index contributed by atoms with van der Waals surface area (Å²) in [7, 11) is 1.95. The topological polar surface area (TPSA) is 70.2 Å². The minimum Gasteiger partial charge on any atom is -0.374 e. The lowest BCUT2D eigenvalue weighted by Crippen LogP contribution is -2.20. The number of hydrogen-bond donors (Lipinski definition) is 0. The number of nitrogens with zero attached hydrogens (tertiary/aromatic N) is 3. The minimum absolute atomic E-state index is 0.119. The first-order valence-corrected chi connectivity index (χ1v) is 5.92. The predicted molar refractivity (Wildman–Crippen MR) is 68.4 cm³/mol. The Morgan fingerprint density at radius 1 is 1.61 bits per heavy atom. The maximum atomic E-state index is 10.7. The lowest BCUT2D eigenvalue weighted by atomic mass is 10.1. The lowest BCUT2D eigenvalue weighted by Gasteiger charge is -2.19. The highest BCUT2D eigenvalue weighted by molar-refractivity contribution is 5.59. The van der Waals surface area contributed by atoms with E-state index in [1.165, 1.54) is 12.5 Å². The number of nitro groups is 1. The molecule has 94 valence electrons. The van der Waals surface area contributed by atoms with Crippen LogP contribution in [-0.4, -0.2) is 18.5 Å². The van der Waals surface area contributed by atoms with Crippen molar-refractivity contribution in [2.24, 2.45) is 11.8 Å². The van der Waals surface area contributed by atoms with E-state index in [0.29, 0.717) is 5.92 Å². The molecule has 1 aromatic carbocycles. The molecule has 1 aliphatic rings. The highest BCUT2D eigenvalue weighted by Crippen LogP contribution is 2.38. The number of hydrogen-bond acceptors (Lipinski definition) is 4. The number of nitro benzene ring substituents is 1. The molecule has 18 heavy (non-hydrogen) atoms. The molecular weight excluding hydrogens is 230 g/mol. The van der Waals surface area contributed by atoms with Crippen molar-refractivity contribution in [2.75, 3.05) is 18.5 Å². The van der Waals surface area contributed by atoms with Gasteiger partial charge in [0, 0.05) is 25.3 Å². The Kier molecular flexibility index (Phi) is 3.19. The first-order valence-electron chi connectivity index (χ1n) is 5.92. The molecule has 2 atom stereocenters. The first-order chi connectivity index (χ1) is 8.52. The van der Waals surface area contributed by atoms with Crippen LogP contribution in [0, 0.1) is 33.3 Å². The van der Waals surface area contributed by atoms with Gasteiger partial charge in [0.2, 0.25) is 0 Å². The highest BCUT2D eigenvalue weighted by Gasteiger charge is 2.33. The molecule has 0 aromatic heterocycles. The van der Waals surface area contributed by atoms with Crippen molar-refractivity contribution in [3.05, 3.63) is 33.9 Å². The monoisotopic (exact) mass is 245 g/mol. The van der Waals surface area contributed by atoms with Crippen LogP contribution >= 0.6 is 0 Å². The summed E-state index contributed by atoms with van der Waals surface area (Å²) in [5.41, 5.74) is 0.846. The molecule has 2 unspecified atom stereocenters. The van der Waals surface area contributed by atoms with E-state index in [0.717, 1.165) is 18.2 Å². The molecule has 1 saturated carbocycles. The predicted octanol–water partition coefficient (Wildman–Crippen LogP) is 2.56. The van der Waals surface area contributed by atoms with Crippen molar-refractivity contribution in [2.45, 2.75) is 13.3 Å². The maximum Gasteiger partial charge on any atom is 0.287 e. The molecule has 0 aliphatic heterocycles. The van der Waals surface area contributed by atoms with Gasteiger partial charge in [0.05, 0.1) is 4.92 Å². The van der Waals surface area contributed by atoms with Crippen molar-refractivity contribution >= 4 is 11.4 Å². The van der Waals surface area contributed by atoms with Gasteiger partial charge in [0.15, 0.2) is 0 Å². The average Bonchev–Trinajstić information content (AvgIpc) is 3.03. The Hall–Kier alpha value is -2.09. The molecule has 1 aliphatic carbocycles. The van der Waals surface area contributed by atoms with Crippen molar-refractivity contribution < 1.29 is 4.92 Å². The molecule has 0 bridgehead atoms. The van der Waals surface area contributed by atoms with Crippen LogP contribution in [0.4, 0.5) is 11.4 Å². The van der Waals surface area contributed by atoms with Crippen LogP contribution in [0.25, 0.3) is 0 Å². The Morgan fingerprint density at radius 2 is 2.28 bits per heavy atom. The Balaban J connectivity index is 2.19. The van der Waals surface area contributed by atoms with Crippen LogP contribution in [-0.2, 0) is 0 Å². The number of rotatable bonds is 4. The van der Waals surface area contributed by atoms with Gasteiger partial charge < -0.3 is 4.90 Å². The zero-order chi connectivity index (χ0) is 13.3. The summed E-state index contributed by atoms with van der Waals surface area (Å²) in [6, 6.07) is 6.57. The molecule has 0 spiro atoms. The molecule has 0 heterocycles. The molecule has 0 N–H and O–H groups in total. The third kappa shape index (κ3) is 2.43. The fourth-order valence-electron chi connectivity index (χ4n) is 2.12. The van der Waals surface area contributed by atoms with Gasteiger partial charge in [-0.3, -0.25) is 10.1 Å². The molecule has 0 amide bonds. The maximum absolute atomic E-state index is 10.7. The highest BCUT2D eigenvalue weighted by atomic mass is 16.6. The summed E-state index contributed by atoms with van der Waals surface area (Å²) >= 11 is 0. The summed E-state index contributed by atoms with van der Waals surface area (Å²) in [4.78, 5) is 12.3. The quantitative estimate of drug-likeness (QED) is 0.603. The zero-order valence-corrected chi connectivity index (χ0v) is 10.5. The fourth-order valence-corrected chi connectivity index (χ4v) is 2.12. The average molecular weight is 245 g/mol. The summed E-state index contributed by atoms with van der Waals surface area (Å²) in [5, 5.41) is 19.7. The van der Waals surface area contributed by atoms with Crippen molar-refractivity contribution in [1.82, 2.24) is 0 Å². The van der Waals surface area contributed by atoms with Gasteiger partial charge in [-0.15, -0.1) is 0 Å². The second kappa shape index (κ2) is 4.65. The summed E-state index contributed by atoms with van der Waals surface area (Å²) in [5.74, 6) is 1.47. The molecular formula is C13H15N3O2. The Morgan fingerprint density at radius 3 is 2.78 bits per heavy atom. The van der Waals surface area contributed by atoms with E-state index in [4.69, 9.17) is 5.26 Å². The molecule has 0 saturated heterocycles. The van der Waals surface area contributed by atoms with Gasteiger partial charge in [0.1, 0.15) is 11.6 Å². The van der Waals surface area contributed by atoms with Crippen LogP contribution in [0.15, 0.2) is 18.2 Å². The smallest absolute Gasteiger partial charge is 0.287 e. The molecule has 5 heteroatoms. The van der Waals surface area contributed by atoms with Gasteiger partial charge in [-0.05, 0) is 30.4 Å². The molecule has 0 radical (unpaired) electrons. The second-order valence-corrected chi connectivity index (χ2v) is 4.92. The van der Waals surface area contributed by atoms with E-state index >= 15 is 0 Å². The third-order valence-electron chi connectivity index (χ3n) is 3.52. The van der Waals surface area contributed by atoms with Crippen LogP contribution in [0.2, 0.25) is 0 Å². The normalized spacial score (nSPS) is 21.2. The van der Waals surface area contributed by atoms with Gasteiger partial charge in [-0.25, -0.2) is 0 Å². The summed E-state index contributed by atoms with van der Waals surface area (Å²) in [6.07, 6.45) is 1.24. The van der Waals surface area contributed by atoms with Crippen molar-refractivity contribution in [3.8, 4) is 6.07 Å². The van der Waals surface area contributed by atoms with Crippen LogP contribution < -0.4 is 4.90 Å². The Labute approximate surface area is 106 Å². The van der Waals surface area contributed by atoms with Crippen LogP contribution in [0.1, 0.15) is 18.9 Å². The fraction of sp³-hybridized carbons (Fsp3) is 0.462. The second-order valence-electron chi connectivity index (χ2n) is 4.92. The lowest BCUT2D eigenvalue weighted by molar-refractivity contribution is -0.385. The van der Waals surface area contributed by atoms with E-state index in [1.807, 2.05) is 13.1 Å². The largest absolute Gasteiger partial charge is 0.374 e. The molecule has 2 rings (SSSR count). The van der Waals surface area contributed by atoms with E-state index in [1.54, 1.807) is 12.1 Å². The molecule has 1 aromatic rings. The third-order valence-corrected chi connectivity index (χ3v) is 3.52. The Bertz CT molecular complexity index is 521. The number of anilines is 1. The van der Waals surface area contributed by atoms with Crippen LogP contribution in [0.3, 0.4) is 0 Å². The van der Waals surface area contributed by atoms with E-state index < -0.39 is 4.92 Å². The number of benzene rings is 1. The standard InChI is InChI=1S/C13H15N3O2/c1-9-5-11(9)8-15(2)12-3-4-13(16(17)18)10(6-12)7-14/h3-4,6,9,11H,5,8H2,1-2H3. The van der Waals surface area contributed by atoms with E-state index in [2.05, 4.69) is 11.8 Å². The van der Waals surface area contributed by atoms with Gasteiger partial charge in [0.25, 0.3) is 5.69 Å². The molecule has 1 fully saturated rings. The van der Waals surface area contributed by atoms with Gasteiger partial charge >= 0.3 is 0 Å². The van der Waals surface area contributed by atoms with Crippen molar-refractivity contribution in [3.63, 3.8) is 0 Å². The first kappa shape index (κ1) is 12.4. The minimum atomic E-state index is -0.523. The van der Waals surface area contributed by atoms with Gasteiger partial charge in [-0.1, -0.05) is 6.92 Å².